The lowest BCUT2D eigenvalue weighted by Crippen LogP contribution is -2.24. The zero-order valence-electron chi connectivity index (χ0n) is 12.9. The molecule has 0 aliphatic carbocycles. The molecule has 2 aromatic carbocycles. The van der Waals surface area contributed by atoms with Gasteiger partial charge in [-0.05, 0) is 58.5 Å². The molecule has 0 radical (unpaired) electrons. The minimum absolute atomic E-state index is 0.165. The number of amides is 1. The minimum atomic E-state index is -0.165. The van der Waals surface area contributed by atoms with Gasteiger partial charge in [-0.2, -0.15) is 0 Å². The van der Waals surface area contributed by atoms with Crippen molar-refractivity contribution < 1.29 is 14.2 Å². The Labute approximate surface area is 142 Å². The molecule has 1 aliphatic rings. The number of rotatable bonds is 2. The maximum Gasteiger partial charge on any atom is 0.255 e. The summed E-state index contributed by atoms with van der Waals surface area (Å²) in [5, 5.41) is 11.0. The first-order valence-corrected chi connectivity index (χ1v) is 7.95. The van der Waals surface area contributed by atoms with Crippen LogP contribution < -0.4 is 10.1 Å². The Morgan fingerprint density at radius 3 is 2.96 bits per heavy atom. The third-order valence-corrected chi connectivity index (χ3v) is 4.62. The second kappa shape index (κ2) is 5.79. The lowest BCUT2D eigenvalue weighted by molar-refractivity contribution is 0.0957. The highest BCUT2D eigenvalue weighted by Gasteiger charge is 2.22. The lowest BCUT2D eigenvalue weighted by atomic mass is 9.97. The maximum absolute atomic E-state index is 12.2. The summed E-state index contributed by atoms with van der Waals surface area (Å²) >= 11 is 6.46. The molecule has 0 bridgehead atoms. The van der Waals surface area contributed by atoms with E-state index in [0.717, 1.165) is 16.7 Å². The predicted octanol–water partition coefficient (Wildman–Crippen LogP) is 2.90. The molecule has 0 fully saturated rings. The number of ether oxygens (including phenoxy) is 1. The number of carbonyl (C=O) groups excluding carboxylic acids is 1. The molecule has 6 nitrogen and oxygen atoms in total. The van der Waals surface area contributed by atoms with Crippen LogP contribution in [-0.2, 0) is 6.42 Å². The van der Waals surface area contributed by atoms with Crippen LogP contribution in [0.25, 0.3) is 11.0 Å². The summed E-state index contributed by atoms with van der Waals surface area (Å²) in [5.74, 6) is 0.297. The van der Waals surface area contributed by atoms with E-state index in [-0.39, 0.29) is 5.91 Å². The van der Waals surface area contributed by atoms with E-state index < -0.39 is 0 Å². The number of carbonyl (C=O) groups is 1. The van der Waals surface area contributed by atoms with Crippen molar-refractivity contribution in [1.82, 2.24) is 15.6 Å². The van der Waals surface area contributed by atoms with Gasteiger partial charge in [0.25, 0.3) is 5.91 Å². The Kier molecular flexibility index (Phi) is 3.61. The van der Waals surface area contributed by atoms with Crippen LogP contribution in [0.2, 0.25) is 5.02 Å². The summed E-state index contributed by atoms with van der Waals surface area (Å²) in [6.07, 6.45) is 0.620. The zero-order chi connectivity index (χ0) is 16.7. The van der Waals surface area contributed by atoms with Gasteiger partial charge in [0.15, 0.2) is 5.75 Å². The Hall–Kier alpha value is -2.60. The maximum atomic E-state index is 12.2. The van der Waals surface area contributed by atoms with Crippen molar-refractivity contribution in [3.63, 3.8) is 0 Å². The molecule has 4 rings (SSSR count). The molecule has 0 saturated heterocycles. The van der Waals surface area contributed by atoms with Crippen molar-refractivity contribution in [2.24, 2.45) is 0 Å². The molecule has 1 amide bonds. The number of halogens is 1. The van der Waals surface area contributed by atoms with Crippen LogP contribution in [0.1, 0.15) is 27.0 Å². The fraction of sp³-hybridized carbons (Fsp3) is 0.235. The number of aromatic nitrogens is 2. The number of nitrogens with zero attached hydrogens (tertiary/aromatic N) is 2. The van der Waals surface area contributed by atoms with E-state index in [1.807, 2.05) is 31.2 Å². The minimum Gasteiger partial charge on any atom is -0.489 e. The van der Waals surface area contributed by atoms with Crippen molar-refractivity contribution in [2.45, 2.75) is 13.3 Å². The summed E-state index contributed by atoms with van der Waals surface area (Å²) in [6, 6.07) is 7.59. The first-order valence-electron chi connectivity index (χ1n) is 7.57. The van der Waals surface area contributed by atoms with Gasteiger partial charge < -0.3 is 10.1 Å². The van der Waals surface area contributed by atoms with Crippen LogP contribution in [-0.4, -0.2) is 29.4 Å². The van der Waals surface area contributed by atoms with Gasteiger partial charge in [0.1, 0.15) is 17.6 Å². The van der Waals surface area contributed by atoms with Gasteiger partial charge in [-0.15, -0.1) is 0 Å². The third kappa shape index (κ3) is 2.49. The molecular weight excluding hydrogens is 330 g/mol. The summed E-state index contributed by atoms with van der Waals surface area (Å²) in [5.41, 5.74) is 4.79. The third-order valence-electron chi connectivity index (χ3n) is 4.16. The molecule has 1 aromatic heterocycles. The highest BCUT2D eigenvalue weighted by molar-refractivity contribution is 6.33. The molecule has 3 aromatic rings. The van der Waals surface area contributed by atoms with Gasteiger partial charge in [-0.25, -0.2) is 4.63 Å². The molecule has 122 valence electrons. The van der Waals surface area contributed by atoms with Crippen LogP contribution in [0.4, 0.5) is 0 Å². The van der Waals surface area contributed by atoms with Crippen LogP contribution in [0, 0.1) is 6.92 Å². The molecule has 0 saturated carbocycles. The number of hydrogen-bond donors (Lipinski definition) is 1. The number of nitrogens with one attached hydrogen (secondary N) is 1. The fourth-order valence-electron chi connectivity index (χ4n) is 2.84. The highest BCUT2D eigenvalue weighted by Crippen LogP contribution is 2.36. The van der Waals surface area contributed by atoms with Crippen LogP contribution in [0.15, 0.2) is 28.9 Å². The summed E-state index contributed by atoms with van der Waals surface area (Å²) in [7, 11) is 0. The first kappa shape index (κ1) is 15.0. The fourth-order valence-corrected chi connectivity index (χ4v) is 3.12. The molecule has 1 N–H and O–H groups in total. The van der Waals surface area contributed by atoms with E-state index in [0.29, 0.717) is 46.9 Å². The standard InChI is InChI=1S/C17H14ClN3O3/c1-9-11(6-10-2-3-13-14(7-10)21-24-20-13)8-12-16(15(9)18)23-5-4-19-17(12)22/h2-3,7-8H,4-6H2,1H3,(H,19,22). The highest BCUT2D eigenvalue weighted by atomic mass is 35.5. The van der Waals surface area contributed by atoms with Gasteiger partial charge in [-0.3, -0.25) is 4.79 Å². The number of hydrogen-bond acceptors (Lipinski definition) is 5. The number of fused-ring (bicyclic) bond motifs is 2. The normalized spacial score (nSPS) is 14.0. The van der Waals surface area contributed by atoms with E-state index >= 15 is 0 Å². The topological polar surface area (TPSA) is 77.2 Å². The van der Waals surface area contributed by atoms with E-state index in [1.54, 1.807) is 0 Å². The average molecular weight is 344 g/mol. The second-order valence-corrected chi connectivity index (χ2v) is 6.10. The predicted molar refractivity (Wildman–Crippen MR) is 88.6 cm³/mol. The van der Waals surface area contributed by atoms with Gasteiger partial charge in [0.2, 0.25) is 0 Å². The Balaban J connectivity index is 1.77. The summed E-state index contributed by atoms with van der Waals surface area (Å²) in [6.45, 7) is 2.81. The van der Waals surface area contributed by atoms with Crippen LogP contribution in [0.5, 0.6) is 5.75 Å². The lowest BCUT2D eigenvalue weighted by Gasteiger charge is -2.14. The summed E-state index contributed by atoms with van der Waals surface area (Å²) < 4.78 is 10.4. The van der Waals surface area contributed by atoms with Gasteiger partial charge in [0.05, 0.1) is 17.1 Å². The molecule has 2 heterocycles. The van der Waals surface area contributed by atoms with Gasteiger partial charge in [-0.1, -0.05) is 17.7 Å². The van der Waals surface area contributed by atoms with Crippen LogP contribution >= 0.6 is 11.6 Å². The van der Waals surface area contributed by atoms with Gasteiger partial charge >= 0.3 is 0 Å². The Morgan fingerprint density at radius 1 is 1.25 bits per heavy atom. The van der Waals surface area contributed by atoms with Crippen molar-refractivity contribution >= 4 is 28.5 Å². The molecule has 0 unspecified atom stereocenters. The average Bonchev–Trinajstić information content (AvgIpc) is 2.96. The first-order chi connectivity index (χ1) is 11.6. The second-order valence-electron chi connectivity index (χ2n) is 5.72. The van der Waals surface area contributed by atoms with Crippen molar-refractivity contribution in [2.75, 3.05) is 13.2 Å². The van der Waals surface area contributed by atoms with Crippen molar-refractivity contribution in [3.8, 4) is 5.75 Å². The van der Waals surface area contributed by atoms with Gasteiger partial charge in [0, 0.05) is 0 Å². The van der Waals surface area contributed by atoms with E-state index in [2.05, 4.69) is 15.6 Å². The molecule has 1 aliphatic heterocycles. The summed E-state index contributed by atoms with van der Waals surface area (Å²) in [4.78, 5) is 12.2. The van der Waals surface area contributed by atoms with Crippen molar-refractivity contribution in [3.05, 3.63) is 51.5 Å². The SMILES string of the molecule is Cc1c(Cc2ccc3nonc3c2)cc2c(c1Cl)OCCNC2=O. The van der Waals surface area contributed by atoms with E-state index in [1.165, 1.54) is 0 Å². The quantitative estimate of drug-likeness (QED) is 0.774. The Bertz CT molecular complexity index is 952. The van der Waals surface area contributed by atoms with E-state index in [9.17, 15) is 4.79 Å². The van der Waals surface area contributed by atoms with E-state index in [4.69, 9.17) is 21.0 Å². The molecular formula is C17H14ClN3O3. The van der Waals surface area contributed by atoms with Crippen LogP contribution in [0.3, 0.4) is 0 Å². The molecule has 24 heavy (non-hydrogen) atoms. The largest absolute Gasteiger partial charge is 0.489 e. The smallest absolute Gasteiger partial charge is 0.255 e. The Morgan fingerprint density at radius 2 is 2.08 bits per heavy atom. The number of benzene rings is 2. The molecule has 7 heteroatoms. The molecule has 0 spiro atoms. The zero-order valence-corrected chi connectivity index (χ0v) is 13.7. The molecule has 0 atom stereocenters. The van der Waals surface area contributed by atoms with Crippen molar-refractivity contribution in [1.29, 1.82) is 0 Å². The monoisotopic (exact) mass is 343 g/mol.